The molecule has 0 aliphatic carbocycles. The zero-order valence-corrected chi connectivity index (χ0v) is 34.0. The molecule has 0 saturated carbocycles. The molecule has 2 aliphatic heterocycles. The first-order valence-electron chi connectivity index (χ1n) is 19.1. The van der Waals surface area contributed by atoms with Crippen molar-refractivity contribution >= 4 is 11.8 Å². The third kappa shape index (κ3) is 13.6. The average Bonchev–Trinajstić information content (AvgIpc) is 3.09. The highest BCUT2D eigenvalue weighted by atomic mass is 16.7. The Morgan fingerprint density at radius 3 is 2.16 bits per heavy atom. The first-order valence-corrected chi connectivity index (χ1v) is 19.1. The third-order valence-electron chi connectivity index (χ3n) is 10.6. The maximum absolute atomic E-state index is 13.6. The fraction of sp³-hybridized carbons (Fsp3) is 0.805. The largest absolute Gasteiger partial charge is 0.462 e. The summed E-state index contributed by atoms with van der Waals surface area (Å²) in [7, 11) is 7.36. The number of carbonyl (C=O) groups is 2. The molecule has 0 unspecified atom stereocenters. The summed E-state index contributed by atoms with van der Waals surface area (Å²) in [4.78, 5) is 29.2. The molecule has 2 rings (SSSR count). The van der Waals surface area contributed by atoms with Crippen molar-refractivity contribution in [2.45, 2.75) is 144 Å². The minimum atomic E-state index is -0.548. The Kier molecular flexibility index (Phi) is 21.8. The van der Waals surface area contributed by atoms with Gasteiger partial charge in [-0.25, -0.2) is 0 Å². The lowest BCUT2D eigenvalue weighted by Crippen LogP contribution is -2.60. The molecule has 2 aliphatic rings. The van der Waals surface area contributed by atoms with E-state index in [2.05, 4.69) is 59.3 Å². The molecule has 0 aromatic heterocycles. The lowest BCUT2D eigenvalue weighted by Gasteiger charge is -2.49. The van der Waals surface area contributed by atoms with Crippen LogP contribution in [0.2, 0.25) is 0 Å². The van der Waals surface area contributed by atoms with Crippen molar-refractivity contribution in [3.8, 4) is 0 Å². The second-order valence-corrected chi connectivity index (χ2v) is 14.4. The second kappa shape index (κ2) is 23.6. The normalized spacial score (nSPS) is 36.6. The van der Waals surface area contributed by atoms with Crippen LogP contribution in [0.5, 0.6) is 0 Å². The highest BCUT2D eigenvalue weighted by Crippen LogP contribution is 2.39. The number of hydrogen-bond donors (Lipinski definition) is 0. The van der Waals surface area contributed by atoms with Crippen LogP contribution in [0.1, 0.15) is 101 Å². The van der Waals surface area contributed by atoms with Crippen LogP contribution < -0.4 is 0 Å². The maximum Gasteiger partial charge on any atom is 0.306 e. The summed E-state index contributed by atoms with van der Waals surface area (Å²) in [5, 5.41) is 0. The van der Waals surface area contributed by atoms with Crippen LogP contribution in [0.15, 0.2) is 36.5 Å². The van der Waals surface area contributed by atoms with Crippen LogP contribution in [0.4, 0.5) is 0 Å². The predicted molar refractivity (Wildman–Crippen MR) is 202 cm³/mol. The zero-order chi connectivity index (χ0) is 38.1. The van der Waals surface area contributed by atoms with E-state index >= 15 is 0 Å². The van der Waals surface area contributed by atoms with Crippen molar-refractivity contribution in [3.05, 3.63) is 36.5 Å². The molecule has 0 aromatic rings. The van der Waals surface area contributed by atoms with E-state index in [1.54, 1.807) is 26.4 Å². The summed E-state index contributed by atoms with van der Waals surface area (Å²) < 4.78 is 37.5. The highest BCUT2D eigenvalue weighted by molar-refractivity contribution is 5.91. The Bertz CT molecular complexity index is 1060. The zero-order valence-electron chi connectivity index (χ0n) is 34.0. The van der Waals surface area contributed by atoms with Crippen LogP contribution >= 0.6 is 0 Å². The van der Waals surface area contributed by atoms with Gasteiger partial charge in [0.15, 0.2) is 18.4 Å². The second-order valence-electron chi connectivity index (χ2n) is 14.4. The number of rotatable bonds is 12. The van der Waals surface area contributed by atoms with Gasteiger partial charge in [0.25, 0.3) is 0 Å². The van der Waals surface area contributed by atoms with E-state index in [4.69, 9.17) is 28.4 Å². The van der Waals surface area contributed by atoms with Crippen molar-refractivity contribution in [2.24, 2.45) is 35.5 Å². The van der Waals surface area contributed by atoms with E-state index in [1.165, 1.54) is 0 Å². The number of cyclic esters (lactones) is 1. The fourth-order valence-electron chi connectivity index (χ4n) is 7.50. The predicted octanol–water partition coefficient (Wildman–Crippen LogP) is 8.03. The van der Waals surface area contributed by atoms with Crippen LogP contribution in [-0.4, -0.2) is 94.6 Å². The summed E-state index contributed by atoms with van der Waals surface area (Å²) in [6.45, 7) is 24.8. The Morgan fingerprint density at radius 1 is 0.980 bits per heavy atom. The van der Waals surface area contributed by atoms with Gasteiger partial charge in [-0.05, 0) is 71.0 Å². The Labute approximate surface area is 305 Å². The van der Waals surface area contributed by atoms with Crippen molar-refractivity contribution in [2.75, 3.05) is 34.9 Å². The van der Waals surface area contributed by atoms with Crippen molar-refractivity contribution in [3.63, 3.8) is 0 Å². The van der Waals surface area contributed by atoms with E-state index in [-0.39, 0.29) is 84.1 Å². The smallest absolute Gasteiger partial charge is 0.306 e. The number of likely N-dealkylation sites (N-methyl/N-ethyl adjacent to an activating group) is 1. The van der Waals surface area contributed by atoms with E-state index in [0.29, 0.717) is 25.9 Å². The molecule has 12 atom stereocenters. The molecule has 0 aromatic carbocycles. The van der Waals surface area contributed by atoms with E-state index in [9.17, 15) is 9.59 Å². The molecule has 2 heterocycles. The molecule has 9 heteroatoms. The van der Waals surface area contributed by atoms with Crippen LogP contribution in [-0.2, 0) is 38.0 Å². The molecule has 1 fully saturated rings. The SMILES string of the molecule is C=CCO[C@H]1[C@H](N(C)C)[C@@H](C)[C@H](O[C@H]2[C@@H](CC(OC)OC)C[C@@H](C)C(=O)/C=C/C(C)=C/[C@H](CC)[C@@H](CC)OC(=O)C[C@@H](C)[C@@H]2C)O[C@@H]1C.CC. The summed E-state index contributed by atoms with van der Waals surface area (Å²) in [5.74, 6) is -0.724. The van der Waals surface area contributed by atoms with Gasteiger partial charge in [-0.2, -0.15) is 0 Å². The molecular formula is C41H73NO8. The quantitative estimate of drug-likeness (QED) is 0.114. The topological polar surface area (TPSA) is 92.8 Å². The van der Waals surface area contributed by atoms with E-state index in [1.807, 2.05) is 47.6 Å². The number of ether oxygens (including phenoxy) is 6. The van der Waals surface area contributed by atoms with Crippen LogP contribution in [0.3, 0.4) is 0 Å². The van der Waals surface area contributed by atoms with Gasteiger partial charge in [0, 0.05) is 50.9 Å². The first-order chi connectivity index (χ1) is 23.7. The lowest BCUT2D eigenvalue weighted by atomic mass is 9.76. The minimum absolute atomic E-state index is 0.0242. The maximum atomic E-state index is 13.6. The summed E-state index contributed by atoms with van der Waals surface area (Å²) >= 11 is 0. The van der Waals surface area contributed by atoms with Gasteiger partial charge >= 0.3 is 5.97 Å². The Hall–Kier alpha value is -1.88. The van der Waals surface area contributed by atoms with Gasteiger partial charge < -0.3 is 33.3 Å². The summed E-state index contributed by atoms with van der Waals surface area (Å²) in [6.07, 6.45) is 8.24. The van der Waals surface area contributed by atoms with E-state index < -0.39 is 12.6 Å². The van der Waals surface area contributed by atoms with Gasteiger partial charge in [0.05, 0.1) is 24.9 Å². The molecule has 50 heavy (non-hydrogen) atoms. The first kappa shape index (κ1) is 46.1. The molecule has 0 N–H and O–H groups in total. The molecule has 0 spiro atoms. The van der Waals surface area contributed by atoms with Crippen LogP contribution in [0, 0.1) is 35.5 Å². The standard InChI is InChI=1S/C39H67NO8.C2H6/c1-14-19-45-38-29(9)46-39(28(8)36(38)40(10)11)48-37-27(7)25(5)22-34(42)47-33(16-3)30(15-2)20-24(4)17-18-32(41)26(6)21-31(37)23-35(43-12)44-13;1-2/h14,17-18,20,25-31,33,35-39H,1,15-16,19,21-23H2,2-13H3;1-2H3/b18-17+,24-20+;/t25-,26-,27+,28-,29-,30+,31-,33-,36-,37-,38-,39+;/m1./s1. The summed E-state index contributed by atoms with van der Waals surface area (Å²) in [6, 6.07) is 0.0242. The number of methoxy groups -OCH3 is 2. The fourth-order valence-corrected chi connectivity index (χ4v) is 7.50. The van der Waals surface area contributed by atoms with Crippen molar-refractivity contribution in [1.82, 2.24) is 4.90 Å². The minimum Gasteiger partial charge on any atom is -0.462 e. The number of esters is 1. The third-order valence-corrected chi connectivity index (χ3v) is 10.6. The van der Waals surface area contributed by atoms with Crippen molar-refractivity contribution in [1.29, 1.82) is 0 Å². The van der Waals surface area contributed by atoms with Gasteiger partial charge in [-0.15, -0.1) is 6.58 Å². The Morgan fingerprint density at radius 2 is 1.62 bits per heavy atom. The molecule has 0 radical (unpaired) electrons. The summed E-state index contributed by atoms with van der Waals surface area (Å²) in [5.41, 5.74) is 0.978. The highest BCUT2D eigenvalue weighted by Gasteiger charge is 2.47. The van der Waals surface area contributed by atoms with Crippen LogP contribution in [0.25, 0.3) is 0 Å². The van der Waals surface area contributed by atoms with E-state index in [0.717, 1.165) is 12.0 Å². The molecular weight excluding hydrogens is 634 g/mol. The number of allylic oxidation sites excluding steroid dienone is 3. The van der Waals surface area contributed by atoms with Crippen molar-refractivity contribution < 1.29 is 38.0 Å². The molecule has 1 saturated heterocycles. The average molecular weight is 708 g/mol. The molecule has 0 amide bonds. The van der Waals surface area contributed by atoms with Gasteiger partial charge in [0.2, 0.25) is 0 Å². The Balaban J connectivity index is 0.00000613. The molecule has 290 valence electrons. The van der Waals surface area contributed by atoms with Gasteiger partial charge in [-0.1, -0.05) is 79.2 Å². The van der Waals surface area contributed by atoms with Gasteiger partial charge in [-0.3, -0.25) is 9.59 Å². The molecule has 9 nitrogen and oxygen atoms in total. The number of hydrogen-bond acceptors (Lipinski definition) is 9. The lowest BCUT2D eigenvalue weighted by molar-refractivity contribution is -0.292. The number of carbonyl (C=O) groups excluding carboxylic acids is 2. The molecule has 0 bridgehead atoms. The number of ketones is 1. The monoisotopic (exact) mass is 708 g/mol. The number of nitrogens with zero attached hydrogens (tertiary/aromatic N) is 1. The van der Waals surface area contributed by atoms with Gasteiger partial charge in [0.1, 0.15) is 6.10 Å².